The maximum atomic E-state index is 3.26. The van der Waals surface area contributed by atoms with Crippen LogP contribution in [-0.4, -0.2) is 6.54 Å². The lowest BCUT2D eigenvalue weighted by Gasteiger charge is -2.07. The van der Waals surface area contributed by atoms with Crippen molar-refractivity contribution in [3.05, 3.63) is 21.4 Å². The summed E-state index contributed by atoms with van der Waals surface area (Å²) in [7, 11) is 0. The fourth-order valence-corrected chi connectivity index (χ4v) is 1.03. The van der Waals surface area contributed by atoms with Crippen LogP contribution in [0.4, 0.5) is 0 Å². The minimum absolute atomic E-state index is 0. The third-order valence-corrected chi connectivity index (χ3v) is 1.56. The standard InChI is InChI=1S/C7H14N.2CH2/c1-2-4-6-8-7-5-3-1;;/h6,8H,1-5,7H2;2*1H2. The molecule has 10 heavy (non-hydrogen) atoms. The topological polar surface area (TPSA) is 12.0 Å². The van der Waals surface area contributed by atoms with E-state index in [1.54, 1.807) is 0 Å². The van der Waals surface area contributed by atoms with Gasteiger partial charge in [0.25, 0.3) is 0 Å². The Balaban J connectivity index is 0. The second-order valence-corrected chi connectivity index (χ2v) is 2.36. The normalized spacial score (nSPS) is 19.2. The predicted molar refractivity (Wildman–Crippen MR) is 46.1 cm³/mol. The largest absolute Gasteiger partial charge is 0.312 e. The van der Waals surface area contributed by atoms with Gasteiger partial charge in [0.15, 0.2) is 0 Å². The van der Waals surface area contributed by atoms with Crippen molar-refractivity contribution in [1.29, 1.82) is 0 Å². The first-order chi connectivity index (χ1) is 4.00. The van der Waals surface area contributed by atoms with Gasteiger partial charge in [-0.15, -0.1) is 0 Å². The van der Waals surface area contributed by atoms with Crippen LogP contribution >= 0.6 is 0 Å². The van der Waals surface area contributed by atoms with Crippen LogP contribution in [0.1, 0.15) is 32.1 Å². The van der Waals surface area contributed by atoms with E-state index in [9.17, 15) is 0 Å². The molecule has 1 aliphatic heterocycles. The molecule has 1 N–H and O–H groups in total. The Morgan fingerprint density at radius 2 is 1.60 bits per heavy atom. The van der Waals surface area contributed by atoms with Gasteiger partial charge in [-0.05, 0) is 19.4 Å². The van der Waals surface area contributed by atoms with E-state index < -0.39 is 0 Å². The van der Waals surface area contributed by atoms with Crippen molar-refractivity contribution in [2.45, 2.75) is 32.1 Å². The molecule has 1 nitrogen and oxygen atoms in total. The zero-order valence-electron chi connectivity index (χ0n) is 6.73. The third-order valence-electron chi connectivity index (χ3n) is 1.56. The summed E-state index contributed by atoms with van der Waals surface area (Å²) in [5.41, 5.74) is 0. The summed E-state index contributed by atoms with van der Waals surface area (Å²) < 4.78 is 0. The molecule has 1 heterocycles. The fourth-order valence-electron chi connectivity index (χ4n) is 1.03. The van der Waals surface area contributed by atoms with Crippen molar-refractivity contribution in [2.75, 3.05) is 6.54 Å². The second-order valence-electron chi connectivity index (χ2n) is 2.36. The molecule has 0 saturated carbocycles. The van der Waals surface area contributed by atoms with Gasteiger partial charge in [-0.2, -0.15) is 0 Å². The van der Waals surface area contributed by atoms with Gasteiger partial charge in [0.1, 0.15) is 0 Å². The van der Waals surface area contributed by atoms with Crippen LogP contribution in [0, 0.1) is 21.4 Å². The average molecular weight is 140 g/mol. The predicted octanol–water partition coefficient (Wildman–Crippen LogP) is 2.36. The van der Waals surface area contributed by atoms with Crippen molar-refractivity contribution in [3.8, 4) is 0 Å². The molecule has 0 aromatic heterocycles. The zero-order valence-corrected chi connectivity index (χ0v) is 6.73. The second kappa shape index (κ2) is 8.96. The first kappa shape index (κ1) is 12.6. The van der Waals surface area contributed by atoms with Gasteiger partial charge in [0.2, 0.25) is 0 Å². The van der Waals surface area contributed by atoms with Crippen molar-refractivity contribution < 1.29 is 0 Å². The van der Waals surface area contributed by atoms with Crippen molar-refractivity contribution in [3.63, 3.8) is 0 Å². The summed E-state index contributed by atoms with van der Waals surface area (Å²) in [5.74, 6) is 0. The molecule has 1 rings (SSSR count). The van der Waals surface area contributed by atoms with Gasteiger partial charge in [0.05, 0.1) is 0 Å². The minimum Gasteiger partial charge on any atom is -0.312 e. The monoisotopic (exact) mass is 140 g/mol. The highest BCUT2D eigenvalue weighted by molar-refractivity contribution is 4.64. The van der Waals surface area contributed by atoms with E-state index in [1.807, 2.05) is 0 Å². The molecular weight excluding hydrogens is 122 g/mol. The van der Waals surface area contributed by atoms with Crippen LogP contribution in [0.2, 0.25) is 0 Å². The summed E-state index contributed by atoms with van der Waals surface area (Å²) in [5, 5.41) is 3.26. The molecule has 0 aromatic rings. The molecule has 0 atom stereocenters. The van der Waals surface area contributed by atoms with Gasteiger partial charge in [0, 0.05) is 6.54 Å². The van der Waals surface area contributed by atoms with Crippen LogP contribution in [0.25, 0.3) is 0 Å². The number of hydrogen-bond donors (Lipinski definition) is 1. The van der Waals surface area contributed by atoms with Crippen LogP contribution in [-0.2, 0) is 0 Å². The third kappa shape index (κ3) is 6.09. The lowest BCUT2D eigenvalue weighted by molar-refractivity contribution is 0.558. The molecule has 0 aliphatic carbocycles. The number of rotatable bonds is 0. The molecule has 1 saturated heterocycles. The molecule has 1 fully saturated rings. The van der Waals surface area contributed by atoms with Gasteiger partial charge >= 0.3 is 0 Å². The highest BCUT2D eigenvalue weighted by atomic mass is 14.8. The van der Waals surface area contributed by atoms with Crippen LogP contribution in [0.5, 0.6) is 0 Å². The van der Waals surface area contributed by atoms with Gasteiger partial charge < -0.3 is 5.32 Å². The maximum absolute atomic E-state index is 3.26. The quantitative estimate of drug-likeness (QED) is 0.544. The molecule has 0 unspecified atom stereocenters. The number of nitrogens with one attached hydrogen (secondary N) is 1. The van der Waals surface area contributed by atoms with Crippen molar-refractivity contribution in [1.82, 2.24) is 5.32 Å². The minimum atomic E-state index is 0. The van der Waals surface area contributed by atoms with Crippen molar-refractivity contribution in [2.24, 2.45) is 0 Å². The zero-order chi connectivity index (χ0) is 5.66. The Bertz CT molecular complexity index is 28.7. The fraction of sp³-hybridized carbons (Fsp3) is 0.667. The van der Waals surface area contributed by atoms with E-state index in [1.165, 1.54) is 38.6 Å². The van der Waals surface area contributed by atoms with Gasteiger partial charge in [-0.1, -0.05) is 34.1 Å². The Morgan fingerprint density at radius 3 is 2.40 bits per heavy atom. The van der Waals surface area contributed by atoms with Crippen LogP contribution < -0.4 is 5.32 Å². The molecule has 59 valence electrons. The van der Waals surface area contributed by atoms with E-state index in [2.05, 4.69) is 11.9 Å². The van der Waals surface area contributed by atoms with Crippen LogP contribution in [0.3, 0.4) is 0 Å². The molecule has 1 heteroatoms. The summed E-state index contributed by atoms with van der Waals surface area (Å²) in [4.78, 5) is 0. The van der Waals surface area contributed by atoms with Gasteiger partial charge in [-0.3, -0.25) is 0 Å². The SMILES string of the molecule is [CH2].[CH2].[CH]1CCCCCCN1. The first-order valence-electron chi connectivity index (χ1n) is 3.55. The van der Waals surface area contributed by atoms with Crippen molar-refractivity contribution >= 4 is 0 Å². The lowest BCUT2D eigenvalue weighted by atomic mass is 10.1. The lowest BCUT2D eigenvalue weighted by Crippen LogP contribution is -2.13. The Kier molecular flexibility index (Phi) is 11.3. The maximum Gasteiger partial charge on any atom is 0.0221 e. The smallest absolute Gasteiger partial charge is 0.0221 e. The molecule has 0 aromatic carbocycles. The first-order valence-corrected chi connectivity index (χ1v) is 3.55. The van der Waals surface area contributed by atoms with Crippen LogP contribution in [0.15, 0.2) is 0 Å². The summed E-state index contributed by atoms with van der Waals surface area (Å²) >= 11 is 0. The highest BCUT2D eigenvalue weighted by Gasteiger charge is 1.94. The molecule has 0 amide bonds. The molecule has 0 bridgehead atoms. The Labute approximate surface area is 66.2 Å². The molecule has 1 aliphatic rings. The average Bonchev–Trinajstić information content (AvgIpc) is 1.62. The molecular formula is C9H18N. The number of hydrogen-bond acceptors (Lipinski definition) is 1. The summed E-state index contributed by atoms with van der Waals surface area (Å²) in [6, 6.07) is 0. The Hall–Kier alpha value is -0.0400. The highest BCUT2D eigenvalue weighted by Crippen LogP contribution is 2.05. The Morgan fingerprint density at radius 1 is 0.900 bits per heavy atom. The van der Waals surface area contributed by atoms with E-state index >= 15 is 0 Å². The van der Waals surface area contributed by atoms with E-state index in [-0.39, 0.29) is 14.9 Å². The van der Waals surface area contributed by atoms with E-state index in [4.69, 9.17) is 0 Å². The molecule has 0 spiro atoms. The van der Waals surface area contributed by atoms with E-state index in [0.29, 0.717) is 0 Å². The van der Waals surface area contributed by atoms with E-state index in [0.717, 1.165) is 0 Å². The molecule has 5 radical (unpaired) electrons. The summed E-state index contributed by atoms with van der Waals surface area (Å²) in [6.07, 6.45) is 6.85. The summed E-state index contributed by atoms with van der Waals surface area (Å²) in [6.45, 7) is 3.39. The van der Waals surface area contributed by atoms with Gasteiger partial charge in [-0.25, -0.2) is 0 Å².